The van der Waals surface area contributed by atoms with Crippen molar-refractivity contribution in [3.05, 3.63) is 65.7 Å². The van der Waals surface area contributed by atoms with E-state index in [9.17, 15) is 5.11 Å². The van der Waals surface area contributed by atoms with Gasteiger partial charge < -0.3 is 19.9 Å². The maximum Gasteiger partial charge on any atom is 0.119 e. The van der Waals surface area contributed by atoms with Crippen molar-refractivity contribution < 1.29 is 14.6 Å². The van der Waals surface area contributed by atoms with Gasteiger partial charge in [0.1, 0.15) is 12.4 Å². The lowest BCUT2D eigenvalue weighted by Gasteiger charge is -2.17. The van der Waals surface area contributed by atoms with Crippen molar-refractivity contribution in [3.63, 3.8) is 0 Å². The van der Waals surface area contributed by atoms with Gasteiger partial charge in [-0.15, -0.1) is 0 Å². The van der Waals surface area contributed by atoms with Crippen LogP contribution in [0.5, 0.6) is 5.75 Å². The monoisotopic (exact) mass is 357 g/mol. The van der Waals surface area contributed by atoms with Crippen LogP contribution >= 0.6 is 0 Å². The number of benzene rings is 2. The molecule has 142 valence electrons. The largest absolute Gasteiger partial charge is 0.491 e. The number of ether oxygens (including phenoxy) is 2. The SMILES string of the molecule is CC(C)c1ccc(OCCOC[C@@H](O)CN[C@H](C)c2ccccc2)cc1. The van der Waals surface area contributed by atoms with Crippen molar-refractivity contribution in [3.8, 4) is 5.75 Å². The van der Waals surface area contributed by atoms with Crippen LogP contribution in [0.25, 0.3) is 0 Å². The first-order chi connectivity index (χ1) is 12.6. The number of hydrogen-bond donors (Lipinski definition) is 2. The normalized spacial score (nSPS) is 13.6. The van der Waals surface area contributed by atoms with Crippen LogP contribution < -0.4 is 10.1 Å². The van der Waals surface area contributed by atoms with Crippen LogP contribution in [-0.2, 0) is 4.74 Å². The molecule has 0 fully saturated rings. The molecule has 0 unspecified atom stereocenters. The molecule has 0 aliphatic carbocycles. The lowest BCUT2D eigenvalue weighted by Crippen LogP contribution is -2.32. The number of aliphatic hydroxyl groups is 1. The number of nitrogens with one attached hydrogen (secondary N) is 1. The van der Waals surface area contributed by atoms with E-state index >= 15 is 0 Å². The molecule has 2 aromatic rings. The zero-order chi connectivity index (χ0) is 18.8. The first kappa shape index (κ1) is 20.4. The Bertz CT molecular complexity index is 613. The van der Waals surface area contributed by atoms with Crippen molar-refractivity contribution >= 4 is 0 Å². The van der Waals surface area contributed by atoms with Crippen molar-refractivity contribution in [2.24, 2.45) is 0 Å². The molecule has 2 rings (SSSR count). The van der Waals surface area contributed by atoms with E-state index in [-0.39, 0.29) is 6.04 Å². The molecule has 0 bridgehead atoms. The Balaban J connectivity index is 1.56. The summed E-state index contributed by atoms with van der Waals surface area (Å²) in [6.45, 7) is 8.15. The minimum atomic E-state index is -0.536. The van der Waals surface area contributed by atoms with Gasteiger partial charge in [0, 0.05) is 12.6 Å². The van der Waals surface area contributed by atoms with Crippen LogP contribution in [0.3, 0.4) is 0 Å². The molecule has 0 saturated carbocycles. The van der Waals surface area contributed by atoms with Gasteiger partial charge in [0.05, 0.1) is 19.3 Å². The second-order valence-corrected chi connectivity index (χ2v) is 6.84. The zero-order valence-corrected chi connectivity index (χ0v) is 16.0. The van der Waals surface area contributed by atoms with E-state index in [1.54, 1.807) is 0 Å². The van der Waals surface area contributed by atoms with Crippen LogP contribution in [-0.4, -0.2) is 37.6 Å². The van der Waals surface area contributed by atoms with Gasteiger partial charge >= 0.3 is 0 Å². The highest BCUT2D eigenvalue weighted by atomic mass is 16.5. The summed E-state index contributed by atoms with van der Waals surface area (Å²) in [5, 5.41) is 13.3. The maximum atomic E-state index is 10.0. The first-order valence-electron chi connectivity index (χ1n) is 9.33. The molecular weight excluding hydrogens is 326 g/mol. The third-order valence-electron chi connectivity index (χ3n) is 4.31. The molecule has 0 heterocycles. The van der Waals surface area contributed by atoms with E-state index in [0.717, 1.165) is 5.75 Å². The Morgan fingerprint density at radius 1 is 0.885 bits per heavy atom. The molecule has 0 aliphatic heterocycles. The number of rotatable bonds is 11. The Kier molecular flexibility index (Phi) is 8.62. The summed E-state index contributed by atoms with van der Waals surface area (Å²) >= 11 is 0. The predicted octanol–water partition coefficient (Wildman–Crippen LogP) is 3.92. The molecule has 0 aromatic heterocycles. The minimum absolute atomic E-state index is 0.197. The fraction of sp³-hybridized carbons (Fsp3) is 0.455. The van der Waals surface area contributed by atoms with Crippen molar-refractivity contribution in [2.45, 2.75) is 38.8 Å². The van der Waals surface area contributed by atoms with Gasteiger partial charge in [-0.05, 0) is 36.1 Å². The lowest BCUT2D eigenvalue weighted by atomic mass is 10.0. The molecule has 0 saturated heterocycles. The molecule has 0 radical (unpaired) electrons. The Hall–Kier alpha value is -1.88. The van der Waals surface area contributed by atoms with E-state index in [1.165, 1.54) is 11.1 Å². The van der Waals surface area contributed by atoms with Gasteiger partial charge in [-0.3, -0.25) is 0 Å². The second-order valence-electron chi connectivity index (χ2n) is 6.84. The average Bonchev–Trinajstić information content (AvgIpc) is 2.67. The van der Waals surface area contributed by atoms with Gasteiger partial charge in [-0.2, -0.15) is 0 Å². The Morgan fingerprint density at radius 2 is 1.58 bits per heavy atom. The smallest absolute Gasteiger partial charge is 0.119 e. The highest BCUT2D eigenvalue weighted by Crippen LogP contribution is 2.18. The summed E-state index contributed by atoms with van der Waals surface area (Å²) in [4.78, 5) is 0. The van der Waals surface area contributed by atoms with Crippen LogP contribution in [0.4, 0.5) is 0 Å². The predicted molar refractivity (Wildman–Crippen MR) is 106 cm³/mol. The standard InChI is InChI=1S/C22H31NO3/c1-17(2)19-9-11-22(12-10-19)26-14-13-25-16-21(24)15-23-18(3)20-7-5-4-6-8-20/h4-12,17-18,21,23-24H,13-16H2,1-3H3/t18-,21+/m1/s1. The average molecular weight is 357 g/mol. The zero-order valence-electron chi connectivity index (χ0n) is 16.0. The van der Waals surface area contributed by atoms with Crippen molar-refractivity contribution in [2.75, 3.05) is 26.4 Å². The van der Waals surface area contributed by atoms with Gasteiger partial charge in [0.2, 0.25) is 0 Å². The summed E-state index contributed by atoms with van der Waals surface area (Å²) in [5.74, 6) is 1.36. The van der Waals surface area contributed by atoms with Crippen LogP contribution in [0.2, 0.25) is 0 Å². The summed E-state index contributed by atoms with van der Waals surface area (Å²) in [6.07, 6.45) is -0.536. The first-order valence-corrected chi connectivity index (χ1v) is 9.33. The van der Waals surface area contributed by atoms with E-state index in [0.29, 0.717) is 32.3 Å². The van der Waals surface area contributed by atoms with Gasteiger partial charge in [0.25, 0.3) is 0 Å². The third-order valence-corrected chi connectivity index (χ3v) is 4.31. The second kappa shape index (κ2) is 11.0. The number of hydrogen-bond acceptors (Lipinski definition) is 4. The molecule has 2 aromatic carbocycles. The summed E-state index contributed by atoms with van der Waals surface area (Å²) in [6, 6.07) is 18.5. The fourth-order valence-corrected chi connectivity index (χ4v) is 2.62. The molecule has 4 heteroatoms. The van der Waals surface area contributed by atoms with Crippen LogP contribution in [0.15, 0.2) is 54.6 Å². The van der Waals surface area contributed by atoms with Gasteiger partial charge in [0.15, 0.2) is 0 Å². The number of aliphatic hydroxyl groups excluding tert-OH is 1. The summed E-state index contributed by atoms with van der Waals surface area (Å²) in [7, 11) is 0. The minimum Gasteiger partial charge on any atom is -0.491 e. The van der Waals surface area contributed by atoms with Crippen molar-refractivity contribution in [1.82, 2.24) is 5.32 Å². The lowest BCUT2D eigenvalue weighted by molar-refractivity contribution is 0.0242. The fourth-order valence-electron chi connectivity index (χ4n) is 2.62. The molecule has 26 heavy (non-hydrogen) atoms. The molecule has 2 N–H and O–H groups in total. The molecule has 2 atom stereocenters. The topological polar surface area (TPSA) is 50.7 Å². The molecule has 4 nitrogen and oxygen atoms in total. The van der Waals surface area contributed by atoms with E-state index in [4.69, 9.17) is 9.47 Å². The van der Waals surface area contributed by atoms with Gasteiger partial charge in [-0.25, -0.2) is 0 Å². The van der Waals surface area contributed by atoms with Crippen molar-refractivity contribution in [1.29, 1.82) is 0 Å². The molecule has 0 aliphatic rings. The maximum absolute atomic E-state index is 10.0. The van der Waals surface area contributed by atoms with E-state index < -0.39 is 6.10 Å². The molecule has 0 amide bonds. The van der Waals surface area contributed by atoms with E-state index in [1.807, 2.05) is 30.3 Å². The Morgan fingerprint density at radius 3 is 2.23 bits per heavy atom. The van der Waals surface area contributed by atoms with Gasteiger partial charge in [-0.1, -0.05) is 56.3 Å². The quantitative estimate of drug-likeness (QED) is 0.599. The third kappa shape index (κ3) is 7.16. The summed E-state index contributed by atoms with van der Waals surface area (Å²) < 4.78 is 11.2. The summed E-state index contributed by atoms with van der Waals surface area (Å²) in [5.41, 5.74) is 2.51. The highest BCUT2D eigenvalue weighted by molar-refractivity contribution is 5.28. The van der Waals surface area contributed by atoms with Crippen LogP contribution in [0.1, 0.15) is 43.9 Å². The molecule has 0 spiro atoms. The van der Waals surface area contributed by atoms with E-state index in [2.05, 4.69) is 50.4 Å². The van der Waals surface area contributed by atoms with Crippen LogP contribution in [0, 0.1) is 0 Å². The Labute approximate surface area is 157 Å². The molecular formula is C22H31NO3. The highest BCUT2D eigenvalue weighted by Gasteiger charge is 2.08.